The minimum atomic E-state index is 0.900. The van der Waals surface area contributed by atoms with Crippen LogP contribution in [0.1, 0.15) is 17.5 Å². The molecule has 0 atom stereocenters. The topological polar surface area (TPSA) is 24.9 Å². The van der Waals surface area contributed by atoms with Crippen LogP contribution in [0.4, 0.5) is 0 Å². The molecule has 0 aliphatic carbocycles. The predicted octanol–water partition coefficient (Wildman–Crippen LogP) is 1.78. The van der Waals surface area contributed by atoms with Gasteiger partial charge < -0.3 is 9.47 Å². The zero-order valence-electron chi connectivity index (χ0n) is 13.0. The van der Waals surface area contributed by atoms with E-state index in [-0.39, 0.29) is 0 Å². The highest BCUT2D eigenvalue weighted by molar-refractivity contribution is 5.41. The molecule has 0 aromatic heterocycles. The molecule has 0 spiro atoms. The van der Waals surface area contributed by atoms with Crippen molar-refractivity contribution < 1.29 is 9.47 Å². The number of rotatable bonds is 5. The van der Waals surface area contributed by atoms with Crippen LogP contribution in [-0.4, -0.2) is 62.8 Å². The van der Waals surface area contributed by atoms with Crippen LogP contribution in [0.3, 0.4) is 0 Å². The Labute approximate surface area is 127 Å². The third kappa shape index (κ3) is 3.76. The van der Waals surface area contributed by atoms with Crippen molar-refractivity contribution in [2.45, 2.75) is 19.4 Å². The summed E-state index contributed by atoms with van der Waals surface area (Å²) in [5.74, 6) is 1.06. The van der Waals surface area contributed by atoms with Gasteiger partial charge in [-0.25, -0.2) is 0 Å². The van der Waals surface area contributed by atoms with E-state index in [4.69, 9.17) is 9.47 Å². The van der Waals surface area contributed by atoms with Crippen molar-refractivity contribution in [3.05, 3.63) is 29.3 Å². The van der Waals surface area contributed by atoms with Gasteiger partial charge in [0, 0.05) is 26.2 Å². The smallest absolute Gasteiger partial charge is 0.122 e. The standard InChI is InChI=1S/C17H26N2O2/c1-20-17-5-2-4-15-14-19(9-6-16(15)17)8-3-7-18-10-12-21-13-11-18/h2,4-5H,3,6-14H2,1H3. The van der Waals surface area contributed by atoms with E-state index in [2.05, 4.69) is 28.0 Å². The average molecular weight is 290 g/mol. The van der Waals surface area contributed by atoms with E-state index in [1.807, 2.05) is 0 Å². The fourth-order valence-electron chi connectivity index (χ4n) is 3.36. The quantitative estimate of drug-likeness (QED) is 0.825. The third-order valence-corrected chi connectivity index (χ3v) is 4.57. The lowest BCUT2D eigenvalue weighted by Gasteiger charge is -2.31. The molecule has 21 heavy (non-hydrogen) atoms. The summed E-state index contributed by atoms with van der Waals surface area (Å²) < 4.78 is 10.9. The maximum Gasteiger partial charge on any atom is 0.122 e. The molecule has 3 rings (SSSR count). The third-order valence-electron chi connectivity index (χ3n) is 4.57. The second kappa shape index (κ2) is 7.25. The zero-order valence-corrected chi connectivity index (χ0v) is 13.0. The van der Waals surface area contributed by atoms with Crippen LogP contribution >= 0.6 is 0 Å². The Morgan fingerprint density at radius 2 is 1.90 bits per heavy atom. The lowest BCUT2D eigenvalue weighted by Crippen LogP contribution is -2.38. The fourth-order valence-corrected chi connectivity index (χ4v) is 3.36. The van der Waals surface area contributed by atoms with E-state index in [0.29, 0.717) is 0 Å². The Bertz CT molecular complexity index is 458. The number of fused-ring (bicyclic) bond motifs is 1. The van der Waals surface area contributed by atoms with Gasteiger partial charge in [0.2, 0.25) is 0 Å². The highest BCUT2D eigenvalue weighted by Crippen LogP contribution is 2.27. The first-order chi connectivity index (χ1) is 10.4. The number of methoxy groups -OCH3 is 1. The second-order valence-electron chi connectivity index (χ2n) is 5.93. The Balaban J connectivity index is 1.47. The molecule has 0 saturated carbocycles. The molecule has 1 fully saturated rings. The molecule has 4 heteroatoms. The van der Waals surface area contributed by atoms with Crippen LogP contribution in [0.15, 0.2) is 18.2 Å². The number of hydrogen-bond donors (Lipinski definition) is 0. The normalized spacial score (nSPS) is 20.2. The summed E-state index contributed by atoms with van der Waals surface area (Å²) in [5.41, 5.74) is 2.84. The highest BCUT2D eigenvalue weighted by atomic mass is 16.5. The molecule has 0 unspecified atom stereocenters. The Morgan fingerprint density at radius 3 is 2.71 bits per heavy atom. The molecular formula is C17H26N2O2. The first-order valence-electron chi connectivity index (χ1n) is 8.04. The van der Waals surface area contributed by atoms with E-state index in [1.165, 1.54) is 30.6 Å². The van der Waals surface area contributed by atoms with Crippen LogP contribution in [0.2, 0.25) is 0 Å². The summed E-state index contributed by atoms with van der Waals surface area (Å²) >= 11 is 0. The lowest BCUT2D eigenvalue weighted by atomic mass is 9.98. The lowest BCUT2D eigenvalue weighted by molar-refractivity contribution is 0.0359. The van der Waals surface area contributed by atoms with Crippen molar-refractivity contribution in [3.63, 3.8) is 0 Å². The average Bonchev–Trinajstić information content (AvgIpc) is 2.55. The summed E-state index contributed by atoms with van der Waals surface area (Å²) in [5, 5.41) is 0. The number of benzene rings is 1. The van der Waals surface area contributed by atoms with E-state index in [9.17, 15) is 0 Å². The molecule has 0 N–H and O–H groups in total. The monoisotopic (exact) mass is 290 g/mol. The SMILES string of the molecule is COc1cccc2c1CCN(CCCN1CCOCC1)C2. The van der Waals surface area contributed by atoms with Crippen molar-refractivity contribution in [1.82, 2.24) is 9.80 Å². The maximum absolute atomic E-state index is 5.47. The molecule has 2 aliphatic rings. The molecule has 4 nitrogen and oxygen atoms in total. The van der Waals surface area contributed by atoms with E-state index >= 15 is 0 Å². The van der Waals surface area contributed by atoms with Gasteiger partial charge in [-0.2, -0.15) is 0 Å². The molecule has 0 bridgehead atoms. The van der Waals surface area contributed by atoms with Crippen LogP contribution in [0, 0.1) is 0 Å². The van der Waals surface area contributed by atoms with Gasteiger partial charge in [0.1, 0.15) is 5.75 Å². The van der Waals surface area contributed by atoms with Crippen molar-refractivity contribution in [2.75, 3.05) is 53.0 Å². The molecule has 2 heterocycles. The van der Waals surface area contributed by atoms with Gasteiger partial charge in [-0.3, -0.25) is 9.80 Å². The number of hydrogen-bond acceptors (Lipinski definition) is 4. The number of morpholine rings is 1. The molecule has 0 amide bonds. The van der Waals surface area contributed by atoms with Gasteiger partial charge in [-0.15, -0.1) is 0 Å². The zero-order chi connectivity index (χ0) is 14.5. The van der Waals surface area contributed by atoms with Crippen molar-refractivity contribution >= 4 is 0 Å². The summed E-state index contributed by atoms with van der Waals surface area (Å²) in [6, 6.07) is 6.42. The molecule has 1 aromatic carbocycles. The summed E-state index contributed by atoms with van der Waals surface area (Å²) in [6.45, 7) is 8.60. The first kappa shape index (κ1) is 14.8. The van der Waals surface area contributed by atoms with Gasteiger partial charge in [0.25, 0.3) is 0 Å². The van der Waals surface area contributed by atoms with Crippen LogP contribution in [0.5, 0.6) is 5.75 Å². The van der Waals surface area contributed by atoms with Crippen LogP contribution in [0.25, 0.3) is 0 Å². The van der Waals surface area contributed by atoms with E-state index in [0.717, 1.165) is 51.6 Å². The summed E-state index contributed by atoms with van der Waals surface area (Å²) in [6.07, 6.45) is 2.36. The summed E-state index contributed by atoms with van der Waals surface area (Å²) in [4.78, 5) is 5.09. The van der Waals surface area contributed by atoms with Gasteiger partial charge in [0.05, 0.1) is 20.3 Å². The Hall–Kier alpha value is -1.10. The van der Waals surface area contributed by atoms with Gasteiger partial charge in [-0.1, -0.05) is 12.1 Å². The molecule has 1 saturated heterocycles. The Kier molecular flexibility index (Phi) is 5.12. The summed E-state index contributed by atoms with van der Waals surface area (Å²) in [7, 11) is 1.77. The molecule has 0 radical (unpaired) electrons. The van der Waals surface area contributed by atoms with E-state index < -0.39 is 0 Å². The molecule has 1 aromatic rings. The second-order valence-corrected chi connectivity index (χ2v) is 5.93. The fraction of sp³-hybridized carbons (Fsp3) is 0.647. The predicted molar refractivity (Wildman–Crippen MR) is 83.9 cm³/mol. The molecular weight excluding hydrogens is 264 g/mol. The molecule has 2 aliphatic heterocycles. The van der Waals surface area contributed by atoms with Crippen LogP contribution in [-0.2, 0) is 17.7 Å². The van der Waals surface area contributed by atoms with Gasteiger partial charge >= 0.3 is 0 Å². The minimum Gasteiger partial charge on any atom is -0.496 e. The highest BCUT2D eigenvalue weighted by Gasteiger charge is 2.19. The van der Waals surface area contributed by atoms with E-state index in [1.54, 1.807) is 7.11 Å². The maximum atomic E-state index is 5.47. The number of ether oxygens (including phenoxy) is 2. The largest absolute Gasteiger partial charge is 0.496 e. The van der Waals surface area contributed by atoms with Gasteiger partial charge in [0.15, 0.2) is 0 Å². The Morgan fingerprint density at radius 1 is 1.10 bits per heavy atom. The van der Waals surface area contributed by atoms with Crippen molar-refractivity contribution in [2.24, 2.45) is 0 Å². The van der Waals surface area contributed by atoms with Crippen molar-refractivity contribution in [1.29, 1.82) is 0 Å². The van der Waals surface area contributed by atoms with Gasteiger partial charge in [-0.05, 0) is 43.1 Å². The van der Waals surface area contributed by atoms with Crippen molar-refractivity contribution in [3.8, 4) is 5.75 Å². The molecule has 116 valence electrons. The van der Waals surface area contributed by atoms with Crippen LogP contribution < -0.4 is 4.74 Å². The number of nitrogens with zero attached hydrogens (tertiary/aromatic N) is 2. The minimum absolute atomic E-state index is 0.900. The first-order valence-corrected chi connectivity index (χ1v) is 8.04.